The van der Waals surface area contributed by atoms with E-state index in [-0.39, 0.29) is 0 Å². The minimum atomic E-state index is 0.706. The van der Waals surface area contributed by atoms with Gasteiger partial charge in [-0.3, -0.25) is 5.10 Å². The van der Waals surface area contributed by atoms with Crippen LogP contribution in [-0.4, -0.2) is 10.2 Å². The lowest BCUT2D eigenvalue weighted by atomic mass is 10.0. The van der Waals surface area contributed by atoms with Crippen LogP contribution in [0.25, 0.3) is 0 Å². The van der Waals surface area contributed by atoms with Gasteiger partial charge in [-0.05, 0) is 31.9 Å². The van der Waals surface area contributed by atoms with E-state index < -0.39 is 0 Å². The molecule has 0 bridgehead atoms. The fourth-order valence-electron chi connectivity index (χ4n) is 2.63. The van der Waals surface area contributed by atoms with Crippen molar-refractivity contribution >= 4 is 17.2 Å². The monoisotopic (exact) mass is 261 g/mol. The molecule has 2 aromatic heterocycles. The molecule has 0 atom stereocenters. The van der Waals surface area contributed by atoms with E-state index >= 15 is 0 Å². The van der Waals surface area contributed by atoms with Gasteiger partial charge in [0.2, 0.25) is 0 Å². The molecule has 0 amide bonds. The Bertz CT molecular complexity index is 509. The number of thiophene rings is 1. The van der Waals surface area contributed by atoms with E-state index in [2.05, 4.69) is 40.6 Å². The summed E-state index contributed by atoms with van der Waals surface area (Å²) in [6.07, 6.45) is 5.35. The first kappa shape index (κ1) is 11.8. The fraction of sp³-hybridized carbons (Fsp3) is 0.500. The Balaban J connectivity index is 1.59. The number of aromatic amines is 1. The minimum absolute atomic E-state index is 0.706. The lowest BCUT2D eigenvalue weighted by Gasteiger charge is -2.03. The van der Waals surface area contributed by atoms with E-state index in [1.165, 1.54) is 41.1 Å². The van der Waals surface area contributed by atoms with Crippen molar-refractivity contribution in [2.24, 2.45) is 0 Å². The molecule has 1 saturated carbocycles. The highest BCUT2D eigenvalue weighted by Gasteiger charge is 2.18. The zero-order chi connectivity index (χ0) is 12.4. The van der Waals surface area contributed by atoms with E-state index in [0.29, 0.717) is 5.92 Å². The number of nitrogens with one attached hydrogen (secondary N) is 2. The summed E-state index contributed by atoms with van der Waals surface area (Å²) >= 11 is 1.84. The van der Waals surface area contributed by atoms with Crippen molar-refractivity contribution in [1.82, 2.24) is 10.2 Å². The van der Waals surface area contributed by atoms with E-state index in [1.807, 2.05) is 11.3 Å². The average molecular weight is 261 g/mol. The van der Waals surface area contributed by atoms with Crippen LogP contribution in [0.15, 0.2) is 18.2 Å². The number of hydrogen-bond donors (Lipinski definition) is 2. The maximum absolute atomic E-state index is 4.35. The van der Waals surface area contributed by atoms with Gasteiger partial charge in [-0.25, -0.2) is 0 Å². The van der Waals surface area contributed by atoms with Crippen LogP contribution in [0.3, 0.4) is 0 Å². The highest BCUT2D eigenvalue weighted by molar-refractivity contribution is 7.11. The second kappa shape index (κ2) is 5.14. The number of rotatable bonds is 4. The number of hydrogen-bond acceptors (Lipinski definition) is 3. The van der Waals surface area contributed by atoms with Gasteiger partial charge in [-0.15, -0.1) is 11.3 Å². The Morgan fingerprint density at radius 1 is 1.39 bits per heavy atom. The van der Waals surface area contributed by atoms with Gasteiger partial charge in [-0.2, -0.15) is 5.10 Å². The molecular formula is C14H19N3S. The minimum Gasteiger partial charge on any atom is -0.364 e. The van der Waals surface area contributed by atoms with Crippen LogP contribution >= 0.6 is 11.3 Å². The molecular weight excluding hydrogens is 242 g/mol. The van der Waals surface area contributed by atoms with Crippen molar-refractivity contribution in [2.45, 2.75) is 45.1 Å². The summed E-state index contributed by atoms with van der Waals surface area (Å²) in [5.74, 6) is 1.68. The zero-order valence-corrected chi connectivity index (χ0v) is 11.5. The summed E-state index contributed by atoms with van der Waals surface area (Å²) in [6, 6.07) is 6.52. The Morgan fingerprint density at radius 3 is 2.94 bits per heavy atom. The van der Waals surface area contributed by atoms with E-state index in [0.717, 1.165) is 12.4 Å². The number of nitrogens with zero attached hydrogens (tertiary/aromatic N) is 1. The van der Waals surface area contributed by atoms with Gasteiger partial charge in [0.05, 0.1) is 6.54 Å². The predicted octanol–water partition coefficient (Wildman–Crippen LogP) is 4.05. The maximum atomic E-state index is 4.35. The molecule has 0 unspecified atom stereocenters. The topological polar surface area (TPSA) is 40.7 Å². The number of anilines is 1. The molecule has 2 N–H and O–H groups in total. The Kier molecular flexibility index (Phi) is 3.37. The van der Waals surface area contributed by atoms with Crippen LogP contribution in [0, 0.1) is 6.92 Å². The molecule has 3 nitrogen and oxygen atoms in total. The third-order valence-corrected chi connectivity index (χ3v) is 4.63. The molecule has 3 rings (SSSR count). The Hall–Kier alpha value is -1.29. The van der Waals surface area contributed by atoms with Crippen molar-refractivity contribution < 1.29 is 0 Å². The highest BCUT2D eigenvalue weighted by Crippen LogP contribution is 2.33. The van der Waals surface area contributed by atoms with Crippen LogP contribution in [0.1, 0.15) is 47.0 Å². The molecule has 18 heavy (non-hydrogen) atoms. The summed E-state index contributed by atoms with van der Waals surface area (Å²) in [5, 5.41) is 10.9. The summed E-state index contributed by atoms with van der Waals surface area (Å²) in [7, 11) is 0. The van der Waals surface area contributed by atoms with Gasteiger partial charge in [0.1, 0.15) is 5.82 Å². The number of aromatic nitrogens is 2. The SMILES string of the molecule is Cc1ccc(CNc2cc(C3CCCC3)[nH]n2)s1. The van der Waals surface area contributed by atoms with Gasteiger partial charge in [0, 0.05) is 27.4 Å². The first-order valence-corrected chi connectivity index (χ1v) is 7.47. The molecule has 0 aliphatic heterocycles. The zero-order valence-electron chi connectivity index (χ0n) is 10.7. The second-order valence-electron chi connectivity index (χ2n) is 5.06. The maximum Gasteiger partial charge on any atom is 0.148 e. The molecule has 2 aromatic rings. The molecule has 1 aliphatic carbocycles. The summed E-state index contributed by atoms with van der Waals surface area (Å²) < 4.78 is 0. The molecule has 1 aliphatic rings. The largest absolute Gasteiger partial charge is 0.364 e. The first-order chi connectivity index (χ1) is 8.81. The molecule has 0 aromatic carbocycles. The number of aryl methyl sites for hydroxylation is 1. The van der Waals surface area contributed by atoms with Crippen molar-refractivity contribution in [1.29, 1.82) is 0 Å². The van der Waals surface area contributed by atoms with Gasteiger partial charge < -0.3 is 5.32 Å². The smallest absolute Gasteiger partial charge is 0.148 e. The highest BCUT2D eigenvalue weighted by atomic mass is 32.1. The standard InChI is InChI=1S/C14H19N3S/c1-10-6-7-12(18-10)9-15-14-8-13(16-17-14)11-4-2-3-5-11/h6-8,11H,2-5,9H2,1H3,(H2,15,16,17). The fourth-order valence-corrected chi connectivity index (χ4v) is 3.46. The predicted molar refractivity (Wildman–Crippen MR) is 76.2 cm³/mol. The van der Waals surface area contributed by atoms with Gasteiger partial charge in [0.25, 0.3) is 0 Å². The van der Waals surface area contributed by atoms with Gasteiger partial charge >= 0.3 is 0 Å². The van der Waals surface area contributed by atoms with Gasteiger partial charge in [0.15, 0.2) is 0 Å². The van der Waals surface area contributed by atoms with Crippen molar-refractivity contribution in [3.05, 3.63) is 33.6 Å². The van der Waals surface area contributed by atoms with E-state index in [9.17, 15) is 0 Å². The summed E-state index contributed by atoms with van der Waals surface area (Å²) in [6.45, 7) is 3.01. The van der Waals surface area contributed by atoms with Crippen molar-refractivity contribution in [3.8, 4) is 0 Å². The lowest BCUT2D eigenvalue weighted by Crippen LogP contribution is -1.97. The van der Waals surface area contributed by atoms with Crippen LogP contribution in [0.2, 0.25) is 0 Å². The summed E-state index contributed by atoms with van der Waals surface area (Å²) in [5.41, 5.74) is 1.30. The van der Waals surface area contributed by atoms with Crippen molar-refractivity contribution in [3.63, 3.8) is 0 Å². The molecule has 0 saturated heterocycles. The second-order valence-corrected chi connectivity index (χ2v) is 6.43. The van der Waals surface area contributed by atoms with Crippen LogP contribution in [0.4, 0.5) is 5.82 Å². The first-order valence-electron chi connectivity index (χ1n) is 6.66. The Morgan fingerprint density at radius 2 is 2.22 bits per heavy atom. The van der Waals surface area contributed by atoms with Gasteiger partial charge in [-0.1, -0.05) is 12.8 Å². The lowest BCUT2D eigenvalue weighted by molar-refractivity contribution is 0.693. The average Bonchev–Trinajstić information content (AvgIpc) is 3.07. The van der Waals surface area contributed by atoms with E-state index in [1.54, 1.807) is 0 Å². The summed E-state index contributed by atoms with van der Waals surface area (Å²) in [4.78, 5) is 2.72. The molecule has 1 fully saturated rings. The molecule has 2 heterocycles. The van der Waals surface area contributed by atoms with Crippen molar-refractivity contribution in [2.75, 3.05) is 5.32 Å². The number of H-pyrrole nitrogens is 1. The molecule has 0 spiro atoms. The quantitative estimate of drug-likeness (QED) is 0.871. The van der Waals surface area contributed by atoms with Crippen LogP contribution in [0.5, 0.6) is 0 Å². The van der Waals surface area contributed by atoms with Crippen LogP contribution in [-0.2, 0) is 6.54 Å². The molecule has 0 radical (unpaired) electrons. The third kappa shape index (κ3) is 2.58. The normalized spacial score (nSPS) is 16.3. The van der Waals surface area contributed by atoms with E-state index in [4.69, 9.17) is 0 Å². The Labute approximate surface area is 112 Å². The third-order valence-electron chi connectivity index (χ3n) is 3.63. The molecule has 4 heteroatoms. The molecule has 96 valence electrons. The van der Waals surface area contributed by atoms with Crippen LogP contribution < -0.4 is 5.32 Å².